The number of phosphoric acid groups is 1. The average molecular weight is 591 g/mol. The predicted octanol–water partition coefficient (Wildman–Crippen LogP) is 8.73. The number of hydrogen-bond acceptors (Lipinski definition) is 6. The van der Waals surface area contributed by atoms with Crippen molar-refractivity contribution in [2.45, 2.75) is 161 Å². The first-order valence-corrected chi connectivity index (χ1v) is 17.5. The molecule has 0 unspecified atom stereocenters. The quantitative estimate of drug-likeness (QED) is 0.0384. The van der Waals surface area contributed by atoms with E-state index >= 15 is 0 Å². The van der Waals surface area contributed by atoms with Gasteiger partial charge in [-0.15, -0.1) is 0 Å². The highest BCUT2D eigenvalue weighted by molar-refractivity contribution is 7.46. The van der Waals surface area contributed by atoms with Crippen LogP contribution < -0.4 is 0 Å². The molecule has 0 aromatic rings. The van der Waals surface area contributed by atoms with E-state index in [1.807, 2.05) is 0 Å². The van der Waals surface area contributed by atoms with Gasteiger partial charge in [0.15, 0.2) is 6.10 Å². The Morgan fingerprint density at radius 3 is 1.57 bits per heavy atom. The van der Waals surface area contributed by atoms with Gasteiger partial charge in [0.1, 0.15) is 6.61 Å². The summed E-state index contributed by atoms with van der Waals surface area (Å²) in [7, 11) is -4.73. The normalized spacial score (nSPS) is 12.6. The first-order valence-electron chi connectivity index (χ1n) is 16.0. The lowest BCUT2D eigenvalue weighted by molar-refractivity contribution is -0.161. The van der Waals surface area contributed by atoms with E-state index in [9.17, 15) is 14.2 Å². The Morgan fingerprint density at radius 1 is 0.625 bits per heavy atom. The Balaban J connectivity index is 3.99. The van der Waals surface area contributed by atoms with Crippen LogP contribution in [-0.4, -0.2) is 41.0 Å². The minimum atomic E-state index is -4.73. The van der Waals surface area contributed by atoms with Crippen molar-refractivity contribution in [2.75, 3.05) is 13.2 Å². The van der Waals surface area contributed by atoms with Gasteiger partial charge in [-0.1, -0.05) is 116 Å². The third kappa shape index (κ3) is 29.8. The van der Waals surface area contributed by atoms with Crippen LogP contribution in [0.3, 0.4) is 0 Å². The molecule has 0 aromatic heterocycles. The zero-order chi connectivity index (χ0) is 29.7. The van der Waals surface area contributed by atoms with Crippen LogP contribution >= 0.6 is 7.82 Å². The summed E-state index contributed by atoms with van der Waals surface area (Å²) >= 11 is 0. The largest absolute Gasteiger partial charge is 0.469 e. The molecule has 2 N–H and O–H groups in total. The number of ether oxygens (including phenoxy) is 2. The van der Waals surface area contributed by atoms with Crippen molar-refractivity contribution in [3.63, 3.8) is 0 Å². The maximum Gasteiger partial charge on any atom is 0.469 e. The van der Waals surface area contributed by atoms with E-state index in [-0.39, 0.29) is 19.4 Å². The van der Waals surface area contributed by atoms with Gasteiger partial charge in [-0.3, -0.25) is 14.1 Å². The molecule has 0 heterocycles. The van der Waals surface area contributed by atoms with E-state index in [0.717, 1.165) is 38.5 Å². The molecule has 0 fully saturated rings. The lowest BCUT2D eigenvalue weighted by Gasteiger charge is -2.18. The summed E-state index contributed by atoms with van der Waals surface area (Å²) < 4.78 is 26.0. The summed E-state index contributed by atoms with van der Waals surface area (Å²) in [6, 6.07) is 0. The summed E-state index contributed by atoms with van der Waals surface area (Å²) in [5, 5.41) is 0. The number of phosphoric ester groups is 1. The summed E-state index contributed by atoms with van der Waals surface area (Å²) in [5.74, 6) is -0.916. The van der Waals surface area contributed by atoms with Crippen LogP contribution in [0.5, 0.6) is 0 Å². The van der Waals surface area contributed by atoms with Crippen molar-refractivity contribution in [1.29, 1.82) is 0 Å². The first kappa shape index (κ1) is 38.8. The van der Waals surface area contributed by atoms with Gasteiger partial charge in [0, 0.05) is 12.8 Å². The Morgan fingerprint density at radius 2 is 1.05 bits per heavy atom. The van der Waals surface area contributed by atoms with Crippen LogP contribution in [0.25, 0.3) is 0 Å². The lowest BCUT2D eigenvalue weighted by Crippen LogP contribution is -2.29. The van der Waals surface area contributed by atoms with E-state index in [1.54, 1.807) is 0 Å². The van der Waals surface area contributed by atoms with Crippen molar-refractivity contribution in [1.82, 2.24) is 0 Å². The molecule has 1 atom stereocenters. The summed E-state index contributed by atoms with van der Waals surface area (Å²) in [4.78, 5) is 42.2. The van der Waals surface area contributed by atoms with Gasteiger partial charge in [-0.05, 0) is 38.5 Å². The smallest absolute Gasteiger partial charge is 0.462 e. The van der Waals surface area contributed by atoms with E-state index in [1.165, 1.54) is 77.0 Å². The summed E-state index contributed by atoms with van der Waals surface area (Å²) in [6.45, 7) is 3.58. The Bertz CT molecular complexity index is 676. The van der Waals surface area contributed by atoms with Gasteiger partial charge in [0.2, 0.25) is 0 Å². The lowest BCUT2D eigenvalue weighted by atomic mass is 10.1. The molecular weight excluding hydrogens is 531 g/mol. The van der Waals surface area contributed by atoms with Gasteiger partial charge < -0.3 is 19.3 Å². The fourth-order valence-corrected chi connectivity index (χ4v) is 4.73. The molecule has 0 amide bonds. The van der Waals surface area contributed by atoms with E-state index in [4.69, 9.17) is 19.3 Å². The number of allylic oxidation sites excluding steroid dienone is 2. The van der Waals surface area contributed by atoms with Gasteiger partial charge in [-0.2, -0.15) is 0 Å². The minimum Gasteiger partial charge on any atom is -0.462 e. The first-order chi connectivity index (χ1) is 19.3. The molecule has 8 nitrogen and oxygen atoms in total. The molecular formula is C31H59O8P. The molecule has 0 radical (unpaired) electrons. The van der Waals surface area contributed by atoms with E-state index in [0.29, 0.717) is 12.8 Å². The van der Waals surface area contributed by atoms with Crippen molar-refractivity contribution in [2.24, 2.45) is 0 Å². The number of carbonyl (C=O) groups is 2. The molecule has 0 aliphatic rings. The maximum atomic E-state index is 12.2. The molecule has 0 aliphatic carbocycles. The third-order valence-corrected chi connectivity index (χ3v) is 7.27. The van der Waals surface area contributed by atoms with Crippen LogP contribution in [-0.2, 0) is 28.2 Å². The molecule has 0 saturated carbocycles. The van der Waals surface area contributed by atoms with Gasteiger partial charge in [0.05, 0.1) is 6.61 Å². The fourth-order valence-electron chi connectivity index (χ4n) is 4.37. The zero-order valence-electron chi connectivity index (χ0n) is 25.5. The van der Waals surface area contributed by atoms with Crippen LogP contribution in [0.4, 0.5) is 0 Å². The monoisotopic (exact) mass is 590 g/mol. The molecule has 0 saturated heterocycles. The molecule has 40 heavy (non-hydrogen) atoms. The summed E-state index contributed by atoms with van der Waals surface area (Å²) in [6.07, 6.45) is 26.8. The van der Waals surface area contributed by atoms with Crippen LogP contribution in [0.15, 0.2) is 12.2 Å². The Labute approximate surface area is 244 Å². The van der Waals surface area contributed by atoms with Crippen LogP contribution in [0.1, 0.15) is 155 Å². The molecule has 9 heteroatoms. The number of unbranched alkanes of at least 4 members (excludes halogenated alkanes) is 17. The Hall–Kier alpha value is -1.21. The second kappa shape index (κ2) is 27.9. The summed E-state index contributed by atoms with van der Waals surface area (Å²) in [5.41, 5.74) is 0. The number of hydrogen-bond donors (Lipinski definition) is 2. The van der Waals surface area contributed by atoms with E-state index < -0.39 is 32.5 Å². The topological polar surface area (TPSA) is 119 Å². The zero-order valence-corrected chi connectivity index (χ0v) is 26.4. The van der Waals surface area contributed by atoms with Gasteiger partial charge >= 0.3 is 19.8 Å². The number of esters is 2. The second-order valence-corrected chi connectivity index (χ2v) is 12.0. The van der Waals surface area contributed by atoms with Crippen molar-refractivity contribution in [3.8, 4) is 0 Å². The SMILES string of the molecule is CCCCCCCCCCC/C=C/CCCCC(=O)OC[C@H](COP(=O)(O)O)OC(=O)CCCCCCCCC. The number of carbonyl (C=O) groups excluding carboxylic acids is 2. The average Bonchev–Trinajstić information content (AvgIpc) is 2.91. The molecule has 0 bridgehead atoms. The van der Waals surface area contributed by atoms with Crippen LogP contribution in [0.2, 0.25) is 0 Å². The van der Waals surface area contributed by atoms with Gasteiger partial charge in [0.25, 0.3) is 0 Å². The molecule has 0 aromatic carbocycles. The third-order valence-electron chi connectivity index (χ3n) is 6.78. The Kier molecular flexibility index (Phi) is 27.1. The molecule has 0 aliphatic heterocycles. The van der Waals surface area contributed by atoms with Crippen molar-refractivity contribution in [3.05, 3.63) is 12.2 Å². The highest BCUT2D eigenvalue weighted by Gasteiger charge is 2.22. The standard InChI is InChI=1S/C31H59O8P/c1-3-5-7-9-11-12-13-14-15-16-17-18-20-21-23-25-30(32)37-27-29(28-38-40(34,35)36)39-31(33)26-24-22-19-10-8-6-4-2/h17-18,29H,3-16,19-28H2,1-2H3,(H2,34,35,36)/b18-17+/t29-/m1/s1. The molecule has 236 valence electrons. The molecule has 0 spiro atoms. The highest BCUT2D eigenvalue weighted by atomic mass is 31.2. The van der Waals surface area contributed by atoms with Gasteiger partial charge in [-0.25, -0.2) is 4.57 Å². The maximum absolute atomic E-state index is 12.2. The highest BCUT2D eigenvalue weighted by Crippen LogP contribution is 2.35. The predicted molar refractivity (Wildman–Crippen MR) is 161 cm³/mol. The van der Waals surface area contributed by atoms with Crippen LogP contribution in [0, 0.1) is 0 Å². The second-order valence-electron chi connectivity index (χ2n) is 10.8. The minimum absolute atomic E-state index is 0.209. The number of rotatable bonds is 29. The molecule has 0 rings (SSSR count). The fraction of sp³-hybridized carbons (Fsp3) is 0.871. The van der Waals surface area contributed by atoms with Crippen molar-refractivity contribution >= 4 is 19.8 Å². The van der Waals surface area contributed by atoms with E-state index in [2.05, 4.69) is 30.5 Å². The van der Waals surface area contributed by atoms with Crippen molar-refractivity contribution < 1.29 is 37.9 Å².